The summed E-state index contributed by atoms with van der Waals surface area (Å²) >= 11 is 4.56. The molecule has 104 valence electrons. The van der Waals surface area contributed by atoms with Gasteiger partial charge in [0, 0.05) is 24.7 Å². The molecular formula is C12H10BrN3O3S. The smallest absolute Gasteiger partial charge is 0.290 e. The van der Waals surface area contributed by atoms with Gasteiger partial charge in [-0.3, -0.25) is 14.5 Å². The fourth-order valence-electron chi connectivity index (χ4n) is 1.98. The summed E-state index contributed by atoms with van der Waals surface area (Å²) in [5, 5.41) is 2.49. The van der Waals surface area contributed by atoms with Crippen LogP contribution >= 0.6 is 27.3 Å². The van der Waals surface area contributed by atoms with Crippen LogP contribution in [0.15, 0.2) is 32.8 Å². The Morgan fingerprint density at radius 2 is 2.25 bits per heavy atom. The second kappa shape index (κ2) is 5.37. The summed E-state index contributed by atoms with van der Waals surface area (Å²) in [6.07, 6.45) is 1.66. The third kappa shape index (κ3) is 2.48. The van der Waals surface area contributed by atoms with Crippen LogP contribution in [0.3, 0.4) is 0 Å². The van der Waals surface area contributed by atoms with E-state index in [4.69, 9.17) is 4.42 Å². The lowest BCUT2D eigenvalue weighted by molar-refractivity contribution is -0.120. The first-order valence-electron chi connectivity index (χ1n) is 5.89. The largest absolute Gasteiger partial charge is 0.444 e. The number of carbonyl (C=O) groups excluding carboxylic acids is 2. The van der Waals surface area contributed by atoms with Crippen LogP contribution < -0.4 is 4.90 Å². The van der Waals surface area contributed by atoms with E-state index in [9.17, 15) is 9.59 Å². The number of carbonyl (C=O) groups is 2. The number of aromatic nitrogens is 1. The molecule has 8 heteroatoms. The average molecular weight is 356 g/mol. The molecule has 1 fully saturated rings. The van der Waals surface area contributed by atoms with Gasteiger partial charge in [0.25, 0.3) is 5.91 Å². The van der Waals surface area contributed by atoms with Crippen LogP contribution in [-0.2, 0) is 4.79 Å². The summed E-state index contributed by atoms with van der Waals surface area (Å²) in [5.74, 6) is -0.180. The Morgan fingerprint density at radius 3 is 2.85 bits per heavy atom. The highest BCUT2D eigenvalue weighted by molar-refractivity contribution is 9.10. The van der Waals surface area contributed by atoms with Crippen molar-refractivity contribution >= 4 is 44.2 Å². The maximum atomic E-state index is 12.2. The molecule has 0 radical (unpaired) electrons. The van der Waals surface area contributed by atoms with Crippen molar-refractivity contribution in [3.05, 3.63) is 34.1 Å². The monoisotopic (exact) mass is 355 g/mol. The van der Waals surface area contributed by atoms with Crippen LogP contribution in [0.5, 0.6) is 0 Å². The van der Waals surface area contributed by atoms with E-state index in [2.05, 4.69) is 20.9 Å². The third-order valence-corrected chi connectivity index (χ3v) is 4.16. The Labute approximate surface area is 127 Å². The highest BCUT2D eigenvalue weighted by Crippen LogP contribution is 2.21. The minimum Gasteiger partial charge on any atom is -0.444 e. The van der Waals surface area contributed by atoms with E-state index in [0.29, 0.717) is 22.9 Å². The van der Waals surface area contributed by atoms with Crippen molar-refractivity contribution in [2.45, 2.75) is 0 Å². The van der Waals surface area contributed by atoms with E-state index < -0.39 is 0 Å². The lowest BCUT2D eigenvalue weighted by Gasteiger charge is -2.32. The van der Waals surface area contributed by atoms with E-state index in [0.717, 1.165) is 0 Å². The van der Waals surface area contributed by atoms with Crippen molar-refractivity contribution in [1.82, 2.24) is 9.88 Å². The first kappa shape index (κ1) is 13.3. The SMILES string of the molecule is O=C(c1ccc(Br)o1)N1CCN(c2nccs2)C(=O)C1. The number of hydrogen-bond donors (Lipinski definition) is 0. The van der Waals surface area contributed by atoms with Crippen molar-refractivity contribution in [3.63, 3.8) is 0 Å². The van der Waals surface area contributed by atoms with Gasteiger partial charge in [0.1, 0.15) is 6.54 Å². The van der Waals surface area contributed by atoms with Gasteiger partial charge in [0.15, 0.2) is 15.6 Å². The number of furan rings is 1. The number of rotatable bonds is 2. The summed E-state index contributed by atoms with van der Waals surface area (Å²) in [6, 6.07) is 3.24. The third-order valence-electron chi connectivity index (χ3n) is 2.94. The number of amides is 2. The molecule has 0 bridgehead atoms. The van der Waals surface area contributed by atoms with Gasteiger partial charge in [-0.2, -0.15) is 0 Å². The van der Waals surface area contributed by atoms with Gasteiger partial charge in [-0.15, -0.1) is 11.3 Å². The lowest BCUT2D eigenvalue weighted by atomic mass is 10.3. The van der Waals surface area contributed by atoms with E-state index in [1.165, 1.54) is 16.2 Å². The molecule has 3 rings (SSSR count). The van der Waals surface area contributed by atoms with Crippen LogP contribution in [0.4, 0.5) is 5.13 Å². The van der Waals surface area contributed by atoms with Crippen LogP contribution in [0.1, 0.15) is 10.6 Å². The van der Waals surface area contributed by atoms with E-state index >= 15 is 0 Å². The Kier molecular flexibility index (Phi) is 3.58. The molecule has 0 unspecified atom stereocenters. The van der Waals surface area contributed by atoms with Crippen LogP contribution in [-0.4, -0.2) is 41.3 Å². The first-order valence-corrected chi connectivity index (χ1v) is 7.57. The summed E-state index contributed by atoms with van der Waals surface area (Å²) in [6.45, 7) is 0.944. The normalized spacial score (nSPS) is 15.8. The quantitative estimate of drug-likeness (QED) is 0.826. The van der Waals surface area contributed by atoms with Crippen LogP contribution in [0, 0.1) is 0 Å². The second-order valence-electron chi connectivity index (χ2n) is 4.19. The Morgan fingerprint density at radius 1 is 1.40 bits per heavy atom. The molecule has 0 spiro atoms. The Bertz CT molecular complexity index is 640. The van der Waals surface area contributed by atoms with Gasteiger partial charge in [-0.1, -0.05) is 0 Å². The van der Waals surface area contributed by atoms with Gasteiger partial charge in [0.2, 0.25) is 5.91 Å². The van der Waals surface area contributed by atoms with E-state index in [1.807, 2.05) is 5.38 Å². The maximum Gasteiger partial charge on any atom is 0.290 e. The average Bonchev–Trinajstić information content (AvgIpc) is 3.09. The van der Waals surface area contributed by atoms with Crippen molar-refractivity contribution < 1.29 is 14.0 Å². The van der Waals surface area contributed by atoms with Gasteiger partial charge in [0.05, 0.1) is 0 Å². The van der Waals surface area contributed by atoms with Gasteiger partial charge in [-0.05, 0) is 28.1 Å². The van der Waals surface area contributed by atoms with Crippen LogP contribution in [0.2, 0.25) is 0 Å². The number of thiazole rings is 1. The molecule has 2 aromatic heterocycles. The lowest BCUT2D eigenvalue weighted by Crippen LogP contribution is -2.52. The molecule has 3 heterocycles. The summed E-state index contributed by atoms with van der Waals surface area (Å²) in [4.78, 5) is 31.5. The summed E-state index contributed by atoms with van der Waals surface area (Å²) in [5.41, 5.74) is 0. The van der Waals surface area contributed by atoms with E-state index in [1.54, 1.807) is 23.2 Å². The van der Waals surface area contributed by atoms with Crippen molar-refractivity contribution in [2.75, 3.05) is 24.5 Å². The predicted molar refractivity (Wildman–Crippen MR) is 76.8 cm³/mol. The fourth-order valence-corrected chi connectivity index (χ4v) is 2.98. The number of piperazine rings is 1. The molecule has 1 saturated heterocycles. The minimum absolute atomic E-state index is 0.0384. The standard InChI is InChI=1S/C12H10BrN3O3S/c13-9-2-1-8(19-9)11(18)15-4-5-16(10(17)7-15)12-14-3-6-20-12/h1-3,6H,4-5,7H2. The Balaban J connectivity index is 1.71. The number of halogens is 1. The molecule has 20 heavy (non-hydrogen) atoms. The van der Waals surface area contributed by atoms with Crippen molar-refractivity contribution in [2.24, 2.45) is 0 Å². The van der Waals surface area contributed by atoms with Crippen LogP contribution in [0.25, 0.3) is 0 Å². The Hall–Kier alpha value is -1.67. The molecule has 0 aliphatic carbocycles. The second-order valence-corrected chi connectivity index (χ2v) is 5.85. The zero-order chi connectivity index (χ0) is 14.1. The highest BCUT2D eigenvalue weighted by atomic mass is 79.9. The zero-order valence-electron chi connectivity index (χ0n) is 10.3. The molecule has 1 aliphatic rings. The summed E-state index contributed by atoms with van der Waals surface area (Å²) in [7, 11) is 0. The predicted octanol–water partition coefficient (Wildman–Crippen LogP) is 1.99. The fraction of sp³-hybridized carbons (Fsp3) is 0.250. The highest BCUT2D eigenvalue weighted by Gasteiger charge is 2.30. The minimum atomic E-state index is -0.275. The molecule has 2 aromatic rings. The zero-order valence-corrected chi connectivity index (χ0v) is 12.7. The molecule has 6 nitrogen and oxygen atoms in total. The van der Waals surface area contributed by atoms with Crippen molar-refractivity contribution in [3.8, 4) is 0 Å². The molecule has 0 aromatic carbocycles. The molecule has 1 aliphatic heterocycles. The topological polar surface area (TPSA) is 66.7 Å². The molecule has 0 atom stereocenters. The number of hydrogen-bond acceptors (Lipinski definition) is 5. The van der Waals surface area contributed by atoms with Gasteiger partial charge >= 0.3 is 0 Å². The van der Waals surface area contributed by atoms with Crippen molar-refractivity contribution in [1.29, 1.82) is 0 Å². The summed E-state index contributed by atoms with van der Waals surface area (Å²) < 4.78 is 5.72. The maximum absolute atomic E-state index is 12.2. The van der Waals surface area contributed by atoms with E-state index in [-0.39, 0.29) is 24.1 Å². The molecule has 2 amide bonds. The molecule has 0 saturated carbocycles. The number of anilines is 1. The number of nitrogens with zero attached hydrogens (tertiary/aromatic N) is 3. The van der Waals surface area contributed by atoms with Gasteiger partial charge in [-0.25, -0.2) is 4.98 Å². The molecule has 0 N–H and O–H groups in total. The molecular weight excluding hydrogens is 346 g/mol. The first-order chi connectivity index (χ1) is 9.65. The van der Waals surface area contributed by atoms with Gasteiger partial charge < -0.3 is 9.32 Å².